The predicted octanol–water partition coefficient (Wildman–Crippen LogP) is 3.26. The van der Waals surface area contributed by atoms with Crippen LogP contribution in [0.25, 0.3) is 0 Å². The van der Waals surface area contributed by atoms with Gasteiger partial charge in [0.15, 0.2) is 0 Å². The van der Waals surface area contributed by atoms with E-state index in [0.29, 0.717) is 18.5 Å². The Morgan fingerprint density at radius 2 is 1.86 bits per heavy atom. The van der Waals surface area contributed by atoms with E-state index in [9.17, 15) is 9.90 Å². The van der Waals surface area contributed by atoms with E-state index in [2.05, 4.69) is 24.1 Å². The smallest absolute Gasteiger partial charge is 0.323 e. The minimum absolute atomic E-state index is 0.188. The van der Waals surface area contributed by atoms with Gasteiger partial charge in [-0.1, -0.05) is 6.42 Å². The molecule has 1 heterocycles. The van der Waals surface area contributed by atoms with Gasteiger partial charge in [-0.3, -0.25) is 15.0 Å². The summed E-state index contributed by atoms with van der Waals surface area (Å²) < 4.78 is 0. The fraction of sp³-hybridized carbons (Fsp3) is 0.941. The van der Waals surface area contributed by atoms with Gasteiger partial charge < -0.3 is 5.11 Å². The Labute approximate surface area is 130 Å². The van der Waals surface area contributed by atoms with Crippen molar-refractivity contribution in [2.45, 2.75) is 96.8 Å². The molecule has 0 aromatic carbocycles. The number of hydrogen-bond acceptors (Lipinski definition) is 3. The Bertz CT molecular complexity index is 323. The van der Waals surface area contributed by atoms with E-state index >= 15 is 0 Å². The zero-order valence-electron chi connectivity index (χ0n) is 14.5. The number of carbonyl (C=O) groups is 1. The molecule has 0 radical (unpaired) electrons. The van der Waals surface area contributed by atoms with Crippen molar-refractivity contribution < 1.29 is 9.90 Å². The molecule has 124 valence electrons. The third kappa shape index (κ3) is 5.59. The molecule has 1 saturated heterocycles. The number of likely N-dealkylation sites (tertiary alicyclic amines) is 1. The highest BCUT2D eigenvalue weighted by Gasteiger charge is 2.33. The molecule has 1 aliphatic heterocycles. The summed E-state index contributed by atoms with van der Waals surface area (Å²) in [6.45, 7) is 11.5. The highest BCUT2D eigenvalue weighted by Crippen LogP contribution is 2.23. The van der Waals surface area contributed by atoms with Crippen molar-refractivity contribution in [3.05, 3.63) is 0 Å². The predicted molar refractivity (Wildman–Crippen MR) is 87.6 cm³/mol. The quantitative estimate of drug-likeness (QED) is 0.675. The Morgan fingerprint density at radius 1 is 1.29 bits per heavy atom. The van der Waals surface area contributed by atoms with E-state index in [-0.39, 0.29) is 6.04 Å². The van der Waals surface area contributed by atoms with E-state index in [1.54, 1.807) is 0 Å². The molecule has 0 amide bonds. The molecular weight excluding hydrogens is 264 g/mol. The molecule has 1 rings (SSSR count). The molecule has 3 unspecified atom stereocenters. The van der Waals surface area contributed by atoms with Gasteiger partial charge in [-0.15, -0.1) is 0 Å². The van der Waals surface area contributed by atoms with Crippen molar-refractivity contribution in [1.82, 2.24) is 10.2 Å². The minimum atomic E-state index is -0.798. The number of unbranched alkanes of at least 4 members (excludes halogenated alkanes) is 1. The van der Waals surface area contributed by atoms with Crippen LogP contribution >= 0.6 is 0 Å². The molecule has 1 fully saturated rings. The van der Waals surface area contributed by atoms with Gasteiger partial charge in [0, 0.05) is 18.1 Å². The summed E-state index contributed by atoms with van der Waals surface area (Å²) >= 11 is 0. The molecule has 0 saturated carbocycles. The SMILES string of the molecule is CC(C)NC(C)(CCCCN1C(C)CCCC1C)C(=O)O. The van der Waals surface area contributed by atoms with Gasteiger partial charge in [-0.25, -0.2) is 0 Å². The fourth-order valence-corrected chi connectivity index (χ4v) is 3.57. The van der Waals surface area contributed by atoms with Crippen LogP contribution in [0.2, 0.25) is 0 Å². The normalized spacial score (nSPS) is 26.8. The molecule has 2 N–H and O–H groups in total. The molecule has 4 heteroatoms. The van der Waals surface area contributed by atoms with Crippen molar-refractivity contribution in [1.29, 1.82) is 0 Å². The van der Waals surface area contributed by atoms with Crippen LogP contribution in [-0.4, -0.2) is 46.2 Å². The number of carboxylic acid groups (broad SMARTS) is 1. The standard InChI is InChI=1S/C17H34N2O2/c1-13(2)18-17(5,16(20)21)11-6-7-12-19-14(3)9-8-10-15(19)4/h13-15,18H,6-12H2,1-5H3,(H,20,21). The number of nitrogens with one attached hydrogen (secondary N) is 1. The number of aliphatic carboxylic acids is 1. The maximum atomic E-state index is 11.5. The molecule has 0 aromatic rings. The van der Waals surface area contributed by atoms with Crippen LogP contribution in [0, 0.1) is 0 Å². The molecule has 3 atom stereocenters. The van der Waals surface area contributed by atoms with Gasteiger partial charge in [-0.2, -0.15) is 0 Å². The number of hydrogen-bond donors (Lipinski definition) is 2. The minimum Gasteiger partial charge on any atom is -0.480 e. The first-order valence-corrected chi connectivity index (χ1v) is 8.53. The number of rotatable bonds is 8. The summed E-state index contributed by atoms with van der Waals surface area (Å²) in [6.07, 6.45) is 6.67. The third-order valence-electron chi connectivity index (χ3n) is 4.80. The summed E-state index contributed by atoms with van der Waals surface area (Å²) in [5.41, 5.74) is -0.798. The molecule has 4 nitrogen and oxygen atoms in total. The van der Waals surface area contributed by atoms with Gasteiger partial charge in [-0.05, 0) is 73.3 Å². The van der Waals surface area contributed by atoms with E-state index in [1.165, 1.54) is 19.3 Å². The maximum absolute atomic E-state index is 11.5. The van der Waals surface area contributed by atoms with Crippen LogP contribution in [0.15, 0.2) is 0 Å². The third-order valence-corrected chi connectivity index (χ3v) is 4.80. The average Bonchev–Trinajstić information content (AvgIpc) is 2.36. The maximum Gasteiger partial charge on any atom is 0.323 e. The lowest BCUT2D eigenvalue weighted by Crippen LogP contribution is -2.52. The molecule has 0 aromatic heterocycles. The molecule has 1 aliphatic rings. The summed E-state index contributed by atoms with van der Waals surface area (Å²) in [4.78, 5) is 14.1. The van der Waals surface area contributed by atoms with E-state index in [1.807, 2.05) is 20.8 Å². The van der Waals surface area contributed by atoms with Crippen LogP contribution in [0.3, 0.4) is 0 Å². The van der Waals surface area contributed by atoms with E-state index in [0.717, 1.165) is 19.4 Å². The van der Waals surface area contributed by atoms with Crippen LogP contribution in [0.5, 0.6) is 0 Å². The lowest BCUT2D eigenvalue weighted by Gasteiger charge is -2.39. The number of nitrogens with zero attached hydrogens (tertiary/aromatic N) is 1. The Morgan fingerprint density at radius 3 is 2.33 bits per heavy atom. The second kappa shape index (κ2) is 8.14. The molecule has 0 aliphatic carbocycles. The lowest BCUT2D eigenvalue weighted by atomic mass is 9.93. The van der Waals surface area contributed by atoms with Gasteiger partial charge in [0.1, 0.15) is 5.54 Å². The molecule has 0 spiro atoms. The Balaban J connectivity index is 2.39. The Kier molecular flexibility index (Phi) is 7.14. The average molecular weight is 298 g/mol. The first kappa shape index (κ1) is 18.4. The monoisotopic (exact) mass is 298 g/mol. The number of piperidine rings is 1. The Hall–Kier alpha value is -0.610. The van der Waals surface area contributed by atoms with Crippen LogP contribution in [0.4, 0.5) is 0 Å². The summed E-state index contributed by atoms with van der Waals surface area (Å²) in [5.74, 6) is -0.740. The second-order valence-electron chi connectivity index (χ2n) is 7.26. The zero-order chi connectivity index (χ0) is 16.0. The largest absolute Gasteiger partial charge is 0.480 e. The number of carboxylic acids is 1. The van der Waals surface area contributed by atoms with Crippen molar-refractivity contribution in [3.8, 4) is 0 Å². The van der Waals surface area contributed by atoms with Crippen LogP contribution in [0.1, 0.15) is 73.1 Å². The van der Waals surface area contributed by atoms with Crippen molar-refractivity contribution in [3.63, 3.8) is 0 Å². The fourth-order valence-electron chi connectivity index (χ4n) is 3.57. The lowest BCUT2D eigenvalue weighted by molar-refractivity contribution is -0.144. The first-order chi connectivity index (χ1) is 9.76. The second-order valence-corrected chi connectivity index (χ2v) is 7.26. The topological polar surface area (TPSA) is 52.6 Å². The van der Waals surface area contributed by atoms with Gasteiger partial charge in [0.2, 0.25) is 0 Å². The first-order valence-electron chi connectivity index (χ1n) is 8.53. The van der Waals surface area contributed by atoms with Gasteiger partial charge >= 0.3 is 5.97 Å². The summed E-state index contributed by atoms with van der Waals surface area (Å²) in [5, 5.41) is 12.6. The van der Waals surface area contributed by atoms with E-state index < -0.39 is 11.5 Å². The van der Waals surface area contributed by atoms with Crippen molar-refractivity contribution >= 4 is 5.97 Å². The summed E-state index contributed by atoms with van der Waals surface area (Å²) in [6, 6.07) is 1.54. The highest BCUT2D eigenvalue weighted by atomic mass is 16.4. The van der Waals surface area contributed by atoms with Gasteiger partial charge in [0.05, 0.1) is 0 Å². The van der Waals surface area contributed by atoms with Gasteiger partial charge in [0.25, 0.3) is 0 Å². The van der Waals surface area contributed by atoms with Crippen LogP contribution in [-0.2, 0) is 4.79 Å². The molecule has 0 bridgehead atoms. The highest BCUT2D eigenvalue weighted by molar-refractivity contribution is 5.78. The zero-order valence-corrected chi connectivity index (χ0v) is 14.5. The van der Waals surface area contributed by atoms with Crippen LogP contribution < -0.4 is 5.32 Å². The van der Waals surface area contributed by atoms with E-state index in [4.69, 9.17) is 0 Å². The molecular formula is C17H34N2O2. The van der Waals surface area contributed by atoms with Crippen molar-refractivity contribution in [2.24, 2.45) is 0 Å². The molecule has 21 heavy (non-hydrogen) atoms. The summed E-state index contributed by atoms with van der Waals surface area (Å²) in [7, 11) is 0. The van der Waals surface area contributed by atoms with Crippen molar-refractivity contribution in [2.75, 3.05) is 6.54 Å².